The fourth-order valence-electron chi connectivity index (χ4n) is 6.43. The zero-order chi connectivity index (χ0) is 15.5. The van der Waals surface area contributed by atoms with Gasteiger partial charge in [-0.15, -0.1) is 0 Å². The Morgan fingerprint density at radius 1 is 1.18 bits per heavy atom. The van der Waals surface area contributed by atoms with Crippen LogP contribution in [0.1, 0.15) is 58.3 Å². The second-order valence-electron chi connectivity index (χ2n) is 7.96. The number of aliphatic hydroxyl groups is 1. The maximum atomic E-state index is 12.5. The van der Waals surface area contributed by atoms with E-state index in [0.29, 0.717) is 42.8 Å². The molecule has 0 aromatic heterocycles. The molecule has 0 amide bonds. The monoisotopic (exact) mass is 302 g/mol. The minimum Gasteiger partial charge on any atom is -0.393 e. The first kappa shape index (κ1) is 14.6. The Labute approximate surface area is 132 Å². The van der Waals surface area contributed by atoms with Crippen molar-refractivity contribution in [1.29, 1.82) is 0 Å². The number of aliphatic hydroxyl groups excluding tert-OH is 1. The summed E-state index contributed by atoms with van der Waals surface area (Å²) in [5.41, 5.74) is 1.04. The van der Waals surface area contributed by atoms with Crippen LogP contribution < -0.4 is 0 Å². The van der Waals surface area contributed by atoms with E-state index < -0.39 is 0 Å². The lowest BCUT2D eigenvalue weighted by Crippen LogP contribution is -2.54. The van der Waals surface area contributed by atoms with Crippen LogP contribution in [0.2, 0.25) is 0 Å². The molecule has 4 aliphatic rings. The Bertz CT molecular complexity index is 549. The van der Waals surface area contributed by atoms with E-state index in [2.05, 4.69) is 6.92 Å². The van der Waals surface area contributed by atoms with Crippen LogP contribution in [0.25, 0.3) is 0 Å². The van der Waals surface area contributed by atoms with Crippen molar-refractivity contribution in [3.05, 3.63) is 11.6 Å². The summed E-state index contributed by atoms with van der Waals surface area (Å²) < 4.78 is 0. The molecular weight excluding hydrogens is 276 g/mol. The third-order valence-corrected chi connectivity index (χ3v) is 7.36. The van der Waals surface area contributed by atoms with Crippen LogP contribution >= 0.6 is 0 Å². The Morgan fingerprint density at radius 3 is 2.77 bits per heavy atom. The van der Waals surface area contributed by atoms with Gasteiger partial charge in [0.1, 0.15) is 5.78 Å². The molecule has 0 heterocycles. The lowest BCUT2D eigenvalue weighted by Gasteiger charge is -2.54. The molecule has 0 spiro atoms. The Hall–Kier alpha value is -0.960. The molecule has 3 saturated carbocycles. The summed E-state index contributed by atoms with van der Waals surface area (Å²) in [6.45, 7) is 2.12. The maximum absolute atomic E-state index is 12.5. The van der Waals surface area contributed by atoms with E-state index in [9.17, 15) is 14.7 Å². The number of ketones is 2. The Balaban J connectivity index is 1.70. The fourth-order valence-corrected chi connectivity index (χ4v) is 6.43. The average molecular weight is 302 g/mol. The number of hydrogen-bond donors (Lipinski definition) is 1. The molecule has 120 valence electrons. The molecule has 3 heteroatoms. The molecule has 1 N–H and O–H groups in total. The van der Waals surface area contributed by atoms with E-state index in [0.717, 1.165) is 32.1 Å². The number of allylic oxidation sites excluding steroid dienone is 1. The van der Waals surface area contributed by atoms with Gasteiger partial charge in [-0.3, -0.25) is 9.59 Å². The van der Waals surface area contributed by atoms with Crippen LogP contribution in [-0.4, -0.2) is 22.8 Å². The topological polar surface area (TPSA) is 54.4 Å². The van der Waals surface area contributed by atoms with Crippen LogP contribution in [0.4, 0.5) is 0 Å². The SMILES string of the molecule is CCC12CC(O)C3C4CCC(=O)C=C4CCC3C1CCC2=O. The number of Topliss-reactive ketones (excluding diaryl/α,β-unsaturated/α-hetero) is 1. The van der Waals surface area contributed by atoms with Gasteiger partial charge in [0.2, 0.25) is 0 Å². The highest BCUT2D eigenvalue weighted by molar-refractivity contribution is 5.91. The van der Waals surface area contributed by atoms with Crippen LogP contribution in [0, 0.1) is 29.1 Å². The Kier molecular flexibility index (Phi) is 3.34. The predicted octanol–water partition coefficient (Wildman–Crippen LogP) is 3.06. The first-order chi connectivity index (χ1) is 10.6. The van der Waals surface area contributed by atoms with E-state index in [1.54, 1.807) is 0 Å². The highest BCUT2D eigenvalue weighted by Gasteiger charge is 2.60. The van der Waals surface area contributed by atoms with Crippen molar-refractivity contribution in [3.8, 4) is 0 Å². The van der Waals surface area contributed by atoms with E-state index in [-0.39, 0.29) is 23.2 Å². The van der Waals surface area contributed by atoms with Gasteiger partial charge in [-0.05, 0) is 68.3 Å². The smallest absolute Gasteiger partial charge is 0.155 e. The molecular formula is C19H26O3. The molecule has 6 unspecified atom stereocenters. The fraction of sp³-hybridized carbons (Fsp3) is 0.789. The largest absolute Gasteiger partial charge is 0.393 e. The molecule has 0 bridgehead atoms. The van der Waals surface area contributed by atoms with Crippen LogP contribution in [0.5, 0.6) is 0 Å². The molecule has 22 heavy (non-hydrogen) atoms. The summed E-state index contributed by atoms with van der Waals surface area (Å²) in [5, 5.41) is 10.9. The molecule has 3 nitrogen and oxygen atoms in total. The molecule has 0 aromatic carbocycles. The normalized spacial score (nSPS) is 47.5. The average Bonchev–Trinajstić information content (AvgIpc) is 2.84. The number of fused-ring (bicyclic) bond motifs is 5. The minimum atomic E-state index is -0.370. The van der Waals surface area contributed by atoms with Crippen molar-refractivity contribution in [2.45, 2.75) is 64.4 Å². The van der Waals surface area contributed by atoms with Crippen molar-refractivity contribution in [1.82, 2.24) is 0 Å². The predicted molar refractivity (Wildman–Crippen MR) is 83.1 cm³/mol. The summed E-state index contributed by atoms with van der Waals surface area (Å²) in [4.78, 5) is 24.2. The molecule has 0 saturated heterocycles. The summed E-state index contributed by atoms with van der Waals surface area (Å²) in [5.74, 6) is 2.27. The molecule has 3 fully saturated rings. The van der Waals surface area contributed by atoms with Gasteiger partial charge in [-0.2, -0.15) is 0 Å². The highest BCUT2D eigenvalue weighted by Crippen LogP contribution is 2.61. The van der Waals surface area contributed by atoms with Gasteiger partial charge in [-0.1, -0.05) is 12.5 Å². The van der Waals surface area contributed by atoms with Crippen LogP contribution in [-0.2, 0) is 9.59 Å². The van der Waals surface area contributed by atoms with Crippen molar-refractivity contribution >= 4 is 11.6 Å². The van der Waals surface area contributed by atoms with Crippen molar-refractivity contribution in [3.63, 3.8) is 0 Å². The number of rotatable bonds is 1. The van der Waals surface area contributed by atoms with Gasteiger partial charge in [0.25, 0.3) is 0 Å². The molecule has 0 radical (unpaired) electrons. The minimum absolute atomic E-state index is 0.244. The summed E-state index contributed by atoms with van der Waals surface area (Å²) >= 11 is 0. The summed E-state index contributed by atoms with van der Waals surface area (Å²) in [6, 6.07) is 0. The molecule has 6 atom stereocenters. The molecule has 0 aliphatic heterocycles. The summed E-state index contributed by atoms with van der Waals surface area (Å²) in [7, 11) is 0. The number of carbonyl (C=O) groups excluding carboxylic acids is 2. The quantitative estimate of drug-likeness (QED) is 0.810. The second-order valence-corrected chi connectivity index (χ2v) is 7.96. The van der Waals surface area contributed by atoms with Gasteiger partial charge in [-0.25, -0.2) is 0 Å². The van der Waals surface area contributed by atoms with E-state index >= 15 is 0 Å². The lowest BCUT2D eigenvalue weighted by atomic mass is 9.50. The van der Waals surface area contributed by atoms with Crippen molar-refractivity contribution in [2.24, 2.45) is 29.1 Å². The molecule has 4 aliphatic carbocycles. The number of hydrogen-bond acceptors (Lipinski definition) is 3. The number of carbonyl (C=O) groups is 2. The first-order valence-electron chi connectivity index (χ1n) is 9.01. The first-order valence-corrected chi connectivity index (χ1v) is 9.01. The van der Waals surface area contributed by atoms with Crippen molar-refractivity contribution in [2.75, 3.05) is 0 Å². The molecule has 0 aromatic rings. The zero-order valence-corrected chi connectivity index (χ0v) is 13.4. The molecule has 4 rings (SSSR count). The van der Waals surface area contributed by atoms with Gasteiger partial charge in [0, 0.05) is 18.3 Å². The van der Waals surface area contributed by atoms with Crippen molar-refractivity contribution < 1.29 is 14.7 Å². The van der Waals surface area contributed by atoms with Crippen LogP contribution in [0.3, 0.4) is 0 Å². The van der Waals surface area contributed by atoms with Crippen LogP contribution in [0.15, 0.2) is 11.6 Å². The van der Waals surface area contributed by atoms with Gasteiger partial charge in [0.05, 0.1) is 6.10 Å². The zero-order valence-electron chi connectivity index (χ0n) is 13.4. The second kappa shape index (κ2) is 5.02. The van der Waals surface area contributed by atoms with E-state index in [4.69, 9.17) is 0 Å². The standard InChI is InChI=1S/C19H26O3/c1-2-19-10-16(21)18-13-6-4-12(20)9-11(13)3-5-14(18)15(19)7-8-17(19)22/h9,13-16,18,21H,2-8,10H2,1H3. The maximum Gasteiger partial charge on any atom is 0.155 e. The third-order valence-electron chi connectivity index (χ3n) is 7.36. The van der Waals surface area contributed by atoms with Gasteiger partial charge in [0.15, 0.2) is 5.78 Å². The van der Waals surface area contributed by atoms with Gasteiger partial charge >= 0.3 is 0 Å². The lowest BCUT2D eigenvalue weighted by molar-refractivity contribution is -0.143. The van der Waals surface area contributed by atoms with E-state index in [1.165, 1.54) is 5.57 Å². The summed E-state index contributed by atoms with van der Waals surface area (Å²) in [6.07, 6.45) is 8.34. The highest BCUT2D eigenvalue weighted by atomic mass is 16.3. The van der Waals surface area contributed by atoms with E-state index in [1.807, 2.05) is 6.08 Å². The third kappa shape index (κ3) is 1.84. The van der Waals surface area contributed by atoms with Gasteiger partial charge < -0.3 is 5.11 Å². The Morgan fingerprint density at radius 2 is 2.00 bits per heavy atom.